The number of alkyl halides is 6. The molecule has 1 aliphatic heterocycles. The van der Waals surface area contributed by atoms with Gasteiger partial charge in [-0.1, -0.05) is 19.8 Å². The number of rotatable bonds is 8. The Kier molecular flexibility index (Phi) is 9.36. The molecule has 0 spiro atoms. The molecular weight excluding hydrogens is 502 g/mol. The van der Waals surface area contributed by atoms with Gasteiger partial charge in [-0.25, -0.2) is 4.79 Å². The summed E-state index contributed by atoms with van der Waals surface area (Å²) in [4.78, 5) is 27.0. The number of amides is 3. The fourth-order valence-electron chi connectivity index (χ4n) is 5.10. The highest BCUT2D eigenvalue weighted by atomic mass is 19.4. The van der Waals surface area contributed by atoms with Crippen LogP contribution in [0, 0.1) is 5.92 Å². The smallest absolute Gasteiger partial charge is 0.352 e. The molecule has 0 unspecified atom stereocenters. The van der Waals surface area contributed by atoms with Crippen molar-refractivity contribution >= 4 is 11.9 Å². The van der Waals surface area contributed by atoms with E-state index in [-0.39, 0.29) is 30.1 Å². The lowest BCUT2D eigenvalue weighted by Gasteiger charge is -2.39. The van der Waals surface area contributed by atoms with Gasteiger partial charge in [-0.3, -0.25) is 4.79 Å². The molecule has 0 bridgehead atoms. The van der Waals surface area contributed by atoms with E-state index in [1.54, 1.807) is 0 Å². The number of halogens is 6. The molecule has 3 amide bonds. The Morgan fingerprint density at radius 3 is 2.03 bits per heavy atom. The van der Waals surface area contributed by atoms with Crippen LogP contribution in [-0.2, 0) is 12.4 Å². The number of carbonyl (C=O) groups excluding carboxylic acids is 2. The second-order valence-corrected chi connectivity index (χ2v) is 10.1. The normalized spacial score (nSPS) is 19.0. The van der Waals surface area contributed by atoms with Gasteiger partial charge < -0.3 is 20.9 Å². The highest BCUT2D eigenvalue weighted by molar-refractivity contribution is 5.94. The second kappa shape index (κ2) is 11.9. The molecule has 1 heterocycles. The monoisotopic (exact) mass is 536 g/mol. The van der Waals surface area contributed by atoms with Gasteiger partial charge in [-0.15, -0.1) is 0 Å². The van der Waals surface area contributed by atoms with Gasteiger partial charge in [0.05, 0.1) is 16.7 Å². The minimum absolute atomic E-state index is 0.00586. The zero-order chi connectivity index (χ0) is 27.3. The zero-order valence-electron chi connectivity index (χ0n) is 20.8. The SMILES string of the molecule is CCCNC(=O)NC1(CN2CCC(CNC(=O)c3cc(C(F)(F)F)cc(C(F)(F)F)c3)CC2)CCCC1. The van der Waals surface area contributed by atoms with E-state index in [1.165, 1.54) is 0 Å². The molecule has 12 heteroatoms. The summed E-state index contributed by atoms with van der Waals surface area (Å²) < 4.78 is 78.5. The standard InChI is InChI=1S/C25H34F6N4O2/c1-2-9-32-22(37)34-23(7-3-4-8-23)16-35-10-5-17(6-11-35)15-33-21(36)18-12-19(24(26,27)28)14-20(13-18)25(29,30)31/h12-14,17H,2-11,15-16H2,1H3,(H,33,36)(H2,32,34,37). The lowest BCUT2D eigenvalue weighted by molar-refractivity contribution is -0.143. The Labute approximate surface area is 212 Å². The molecule has 6 nitrogen and oxygen atoms in total. The molecule has 0 aromatic heterocycles. The summed E-state index contributed by atoms with van der Waals surface area (Å²) in [5, 5.41) is 8.53. The summed E-state index contributed by atoms with van der Waals surface area (Å²) in [5.74, 6) is -0.917. The molecular formula is C25H34F6N4O2. The van der Waals surface area contributed by atoms with Crippen molar-refractivity contribution in [2.45, 2.75) is 69.8 Å². The molecule has 1 saturated heterocycles. The van der Waals surface area contributed by atoms with Gasteiger partial charge in [0.2, 0.25) is 0 Å². The molecule has 2 fully saturated rings. The predicted molar refractivity (Wildman–Crippen MR) is 126 cm³/mol. The molecule has 0 radical (unpaired) electrons. The van der Waals surface area contributed by atoms with Crippen LogP contribution in [-0.4, -0.2) is 55.1 Å². The summed E-state index contributed by atoms with van der Waals surface area (Å²) in [6, 6.07) is 0.728. The van der Waals surface area contributed by atoms with Gasteiger partial charge in [0.1, 0.15) is 0 Å². The highest BCUT2D eigenvalue weighted by Crippen LogP contribution is 2.36. The van der Waals surface area contributed by atoms with Crippen LogP contribution in [0.3, 0.4) is 0 Å². The number of nitrogens with one attached hydrogen (secondary N) is 3. The van der Waals surface area contributed by atoms with Crippen LogP contribution in [0.25, 0.3) is 0 Å². The van der Waals surface area contributed by atoms with Crippen molar-refractivity contribution in [1.82, 2.24) is 20.9 Å². The summed E-state index contributed by atoms with van der Waals surface area (Å²) in [7, 11) is 0. The Hall–Kier alpha value is -2.50. The summed E-state index contributed by atoms with van der Waals surface area (Å²) >= 11 is 0. The number of nitrogens with zero attached hydrogens (tertiary/aromatic N) is 1. The fraction of sp³-hybridized carbons (Fsp3) is 0.680. The van der Waals surface area contributed by atoms with Crippen molar-refractivity contribution < 1.29 is 35.9 Å². The molecule has 1 aliphatic carbocycles. The first-order valence-electron chi connectivity index (χ1n) is 12.7. The van der Waals surface area contributed by atoms with Gasteiger partial charge in [0, 0.05) is 25.2 Å². The van der Waals surface area contributed by atoms with Crippen molar-refractivity contribution in [2.24, 2.45) is 5.92 Å². The van der Waals surface area contributed by atoms with E-state index in [0.29, 0.717) is 18.7 Å². The topological polar surface area (TPSA) is 73.5 Å². The molecule has 1 saturated carbocycles. The Morgan fingerprint density at radius 1 is 0.946 bits per heavy atom. The first-order valence-corrected chi connectivity index (χ1v) is 12.7. The molecule has 3 N–H and O–H groups in total. The third kappa shape index (κ3) is 8.24. The predicted octanol–water partition coefficient (Wildman–Crippen LogP) is 5.19. The number of piperidine rings is 1. The molecule has 2 aliphatic rings. The number of carbonyl (C=O) groups is 2. The van der Waals surface area contributed by atoms with Crippen molar-refractivity contribution in [1.29, 1.82) is 0 Å². The van der Waals surface area contributed by atoms with E-state index >= 15 is 0 Å². The third-order valence-electron chi connectivity index (χ3n) is 7.11. The average Bonchev–Trinajstić information content (AvgIpc) is 3.28. The maximum Gasteiger partial charge on any atom is 0.416 e. The van der Waals surface area contributed by atoms with Crippen molar-refractivity contribution in [3.8, 4) is 0 Å². The molecule has 0 atom stereocenters. The zero-order valence-corrected chi connectivity index (χ0v) is 20.8. The van der Waals surface area contributed by atoms with Crippen LogP contribution in [0.2, 0.25) is 0 Å². The van der Waals surface area contributed by atoms with Crippen LogP contribution in [0.5, 0.6) is 0 Å². The van der Waals surface area contributed by atoms with Crippen LogP contribution in [0.15, 0.2) is 18.2 Å². The number of likely N-dealkylation sites (tertiary alicyclic amines) is 1. The van der Waals surface area contributed by atoms with Gasteiger partial charge in [0.15, 0.2) is 0 Å². The number of benzene rings is 1. The van der Waals surface area contributed by atoms with Crippen LogP contribution < -0.4 is 16.0 Å². The summed E-state index contributed by atoms with van der Waals surface area (Å²) in [6.45, 7) is 4.92. The first-order chi connectivity index (χ1) is 17.3. The Morgan fingerprint density at radius 2 is 1.51 bits per heavy atom. The van der Waals surface area contributed by atoms with Crippen LogP contribution in [0.4, 0.5) is 31.1 Å². The number of hydrogen-bond donors (Lipinski definition) is 3. The lowest BCUT2D eigenvalue weighted by atomic mass is 9.92. The molecule has 3 rings (SSSR count). The Balaban J connectivity index is 1.53. The molecule has 37 heavy (non-hydrogen) atoms. The second-order valence-electron chi connectivity index (χ2n) is 10.1. The third-order valence-corrected chi connectivity index (χ3v) is 7.11. The van der Waals surface area contributed by atoms with Crippen LogP contribution in [0.1, 0.15) is 73.4 Å². The average molecular weight is 537 g/mol. The van der Waals surface area contributed by atoms with Crippen molar-refractivity contribution in [3.05, 3.63) is 34.9 Å². The van der Waals surface area contributed by atoms with Gasteiger partial charge in [-0.2, -0.15) is 26.3 Å². The van der Waals surface area contributed by atoms with E-state index in [1.807, 2.05) is 6.92 Å². The highest BCUT2D eigenvalue weighted by Gasteiger charge is 2.39. The molecule has 208 valence electrons. The van der Waals surface area contributed by atoms with E-state index in [9.17, 15) is 35.9 Å². The minimum atomic E-state index is -5.01. The lowest BCUT2D eigenvalue weighted by Crippen LogP contribution is -2.57. The van der Waals surface area contributed by atoms with Gasteiger partial charge in [0.25, 0.3) is 5.91 Å². The first kappa shape index (κ1) is 29.1. The van der Waals surface area contributed by atoms with E-state index in [0.717, 1.165) is 64.6 Å². The van der Waals surface area contributed by atoms with Crippen LogP contribution >= 0.6 is 0 Å². The van der Waals surface area contributed by atoms with Gasteiger partial charge in [-0.05, 0) is 69.3 Å². The summed E-state index contributed by atoms with van der Waals surface area (Å²) in [6.07, 6.45) is -3.84. The molecule has 1 aromatic rings. The van der Waals surface area contributed by atoms with E-state index < -0.39 is 35.0 Å². The van der Waals surface area contributed by atoms with E-state index in [4.69, 9.17) is 0 Å². The quantitative estimate of drug-likeness (QED) is 0.401. The summed E-state index contributed by atoms with van der Waals surface area (Å²) in [5.41, 5.74) is -3.98. The van der Waals surface area contributed by atoms with Gasteiger partial charge >= 0.3 is 18.4 Å². The number of hydrogen-bond acceptors (Lipinski definition) is 3. The largest absolute Gasteiger partial charge is 0.416 e. The number of urea groups is 1. The Bertz CT molecular complexity index is 904. The van der Waals surface area contributed by atoms with Crippen molar-refractivity contribution in [2.75, 3.05) is 32.7 Å². The maximum absolute atomic E-state index is 13.1. The molecule has 1 aromatic carbocycles. The van der Waals surface area contributed by atoms with Crippen molar-refractivity contribution in [3.63, 3.8) is 0 Å². The van der Waals surface area contributed by atoms with E-state index in [2.05, 4.69) is 20.9 Å². The fourth-order valence-corrected chi connectivity index (χ4v) is 5.10. The maximum atomic E-state index is 13.1. The minimum Gasteiger partial charge on any atom is -0.352 e.